The first-order valence-electron chi connectivity index (χ1n) is 14.9. The number of hydrogen-bond acceptors (Lipinski definition) is 6. The highest BCUT2D eigenvalue weighted by molar-refractivity contribution is 5.98. The van der Waals surface area contributed by atoms with Crippen LogP contribution in [0.3, 0.4) is 0 Å². The van der Waals surface area contributed by atoms with Gasteiger partial charge in [0.2, 0.25) is 11.8 Å². The van der Waals surface area contributed by atoms with E-state index in [4.69, 9.17) is 9.47 Å². The van der Waals surface area contributed by atoms with Crippen LogP contribution >= 0.6 is 0 Å². The molecular formula is C31H50N2O6. The Morgan fingerprint density at radius 2 is 1.97 bits per heavy atom. The van der Waals surface area contributed by atoms with E-state index < -0.39 is 41.1 Å². The van der Waals surface area contributed by atoms with Gasteiger partial charge in [-0.25, -0.2) is 0 Å². The van der Waals surface area contributed by atoms with E-state index in [1.807, 2.05) is 27.7 Å². The zero-order valence-electron chi connectivity index (χ0n) is 24.7. The van der Waals surface area contributed by atoms with Gasteiger partial charge in [-0.15, -0.1) is 13.2 Å². The average Bonchev–Trinajstić information content (AvgIpc) is 3.43. The van der Waals surface area contributed by atoms with E-state index >= 15 is 0 Å². The van der Waals surface area contributed by atoms with Gasteiger partial charge in [0.1, 0.15) is 17.6 Å². The molecule has 2 bridgehead atoms. The Labute approximate surface area is 234 Å². The molecule has 0 aliphatic carbocycles. The minimum Gasteiger partial charge on any atom is -0.465 e. The number of hydrogen-bond donors (Lipinski definition) is 1. The lowest BCUT2D eigenvalue weighted by Crippen LogP contribution is -2.60. The molecule has 8 nitrogen and oxygen atoms in total. The van der Waals surface area contributed by atoms with Crippen molar-refractivity contribution in [1.29, 1.82) is 0 Å². The van der Waals surface area contributed by atoms with Gasteiger partial charge in [0.25, 0.3) is 0 Å². The molecule has 8 heteroatoms. The molecule has 220 valence electrons. The zero-order chi connectivity index (χ0) is 29.0. The summed E-state index contributed by atoms with van der Waals surface area (Å²) < 4.78 is 12.5. The van der Waals surface area contributed by atoms with Gasteiger partial charge in [-0.05, 0) is 44.4 Å². The van der Waals surface area contributed by atoms with Crippen LogP contribution in [0.25, 0.3) is 0 Å². The highest BCUT2D eigenvalue weighted by Gasteiger charge is 2.80. The number of amides is 2. The third-order valence-corrected chi connectivity index (χ3v) is 9.58. The van der Waals surface area contributed by atoms with Gasteiger partial charge in [-0.1, -0.05) is 59.1 Å². The van der Waals surface area contributed by atoms with Gasteiger partial charge in [0, 0.05) is 13.1 Å². The second kappa shape index (κ2) is 13.0. The minimum atomic E-state index is -1.15. The van der Waals surface area contributed by atoms with Gasteiger partial charge in [-0.2, -0.15) is 0 Å². The molecule has 39 heavy (non-hydrogen) atoms. The molecular weight excluding hydrogens is 496 g/mol. The molecule has 3 fully saturated rings. The van der Waals surface area contributed by atoms with Gasteiger partial charge in [0.05, 0.1) is 30.8 Å². The Balaban J connectivity index is 2.09. The van der Waals surface area contributed by atoms with Crippen molar-refractivity contribution in [3.05, 3.63) is 25.3 Å². The van der Waals surface area contributed by atoms with Crippen LogP contribution in [0, 0.1) is 23.7 Å². The van der Waals surface area contributed by atoms with Gasteiger partial charge in [0.15, 0.2) is 0 Å². The molecule has 0 saturated carbocycles. The van der Waals surface area contributed by atoms with Gasteiger partial charge >= 0.3 is 5.97 Å². The minimum absolute atomic E-state index is 0.0491. The Bertz CT molecular complexity index is 923. The van der Waals surface area contributed by atoms with Crippen molar-refractivity contribution in [3.8, 4) is 0 Å². The maximum atomic E-state index is 14.5. The van der Waals surface area contributed by atoms with E-state index in [0.29, 0.717) is 25.9 Å². The number of carbonyl (C=O) groups excluding carboxylic acids is 3. The van der Waals surface area contributed by atoms with Crippen LogP contribution in [0.1, 0.15) is 79.6 Å². The van der Waals surface area contributed by atoms with E-state index in [2.05, 4.69) is 20.1 Å². The average molecular weight is 547 g/mol. The number of fused-ring (bicyclic) bond motifs is 1. The summed E-state index contributed by atoms with van der Waals surface area (Å²) in [5.74, 6) is -2.70. The number of likely N-dealkylation sites (tertiary alicyclic amines) is 1. The predicted octanol–water partition coefficient (Wildman–Crippen LogP) is 4.12. The number of aliphatic hydroxyl groups excluding tert-OH is 1. The number of ether oxygens (including phenoxy) is 2. The third-order valence-electron chi connectivity index (χ3n) is 9.58. The normalized spacial score (nSPS) is 32.6. The summed E-state index contributed by atoms with van der Waals surface area (Å²) in [7, 11) is 0. The van der Waals surface area contributed by atoms with Crippen molar-refractivity contribution < 1.29 is 29.0 Å². The lowest BCUT2D eigenvalue weighted by Gasteiger charge is -2.41. The fourth-order valence-electron chi connectivity index (χ4n) is 7.15. The van der Waals surface area contributed by atoms with Crippen LogP contribution in [0.5, 0.6) is 0 Å². The summed E-state index contributed by atoms with van der Waals surface area (Å²) >= 11 is 0. The molecule has 0 aromatic heterocycles. The molecule has 3 aliphatic heterocycles. The second-order valence-electron chi connectivity index (χ2n) is 12.0. The van der Waals surface area contributed by atoms with Crippen molar-refractivity contribution in [2.45, 2.75) is 103 Å². The fraction of sp³-hybridized carbons (Fsp3) is 0.774. The molecule has 0 aromatic carbocycles. The first-order chi connectivity index (χ1) is 18.6. The summed E-state index contributed by atoms with van der Waals surface area (Å²) in [5.41, 5.74) is -2.07. The molecule has 3 unspecified atom stereocenters. The molecule has 3 rings (SSSR count). The van der Waals surface area contributed by atoms with Crippen molar-refractivity contribution in [2.75, 3.05) is 26.3 Å². The maximum absolute atomic E-state index is 14.5. The van der Waals surface area contributed by atoms with E-state index in [-0.39, 0.29) is 36.9 Å². The largest absolute Gasteiger partial charge is 0.465 e. The summed E-state index contributed by atoms with van der Waals surface area (Å²) in [6.07, 6.45) is 8.93. The van der Waals surface area contributed by atoms with Crippen molar-refractivity contribution in [1.82, 2.24) is 9.80 Å². The second-order valence-corrected chi connectivity index (χ2v) is 12.0. The van der Waals surface area contributed by atoms with Gasteiger partial charge in [-0.3, -0.25) is 14.4 Å². The van der Waals surface area contributed by atoms with Crippen LogP contribution in [0.15, 0.2) is 25.3 Å². The molecule has 0 aromatic rings. The Kier molecular flexibility index (Phi) is 10.4. The Morgan fingerprint density at radius 3 is 2.56 bits per heavy atom. The molecule has 3 aliphatic rings. The third kappa shape index (κ3) is 5.43. The Morgan fingerprint density at radius 1 is 1.26 bits per heavy atom. The smallest absolute Gasteiger partial charge is 0.312 e. The van der Waals surface area contributed by atoms with Crippen LogP contribution in [0.2, 0.25) is 0 Å². The SMILES string of the molecule is C=CCCCOC(=O)[C@H]1[C@H]2C(=O)N([C@@H](CO)[C@@H](C)CC)C(C(=O)N(CC=C)CCCCC)C23CC(C)[C@]1(C)O3. The molecule has 8 atom stereocenters. The van der Waals surface area contributed by atoms with Crippen molar-refractivity contribution >= 4 is 17.8 Å². The topological polar surface area (TPSA) is 96.4 Å². The number of esters is 1. The molecule has 3 heterocycles. The number of nitrogens with zero attached hydrogens (tertiary/aromatic N) is 2. The summed E-state index contributed by atoms with van der Waals surface area (Å²) in [6.45, 7) is 18.5. The first kappa shape index (κ1) is 31.3. The highest BCUT2D eigenvalue weighted by Crippen LogP contribution is 2.65. The van der Waals surface area contributed by atoms with E-state index in [1.54, 1.807) is 22.0 Å². The molecule has 1 spiro atoms. The fourth-order valence-corrected chi connectivity index (χ4v) is 7.15. The summed E-state index contributed by atoms with van der Waals surface area (Å²) in [4.78, 5) is 45.8. The summed E-state index contributed by atoms with van der Waals surface area (Å²) in [6, 6.07) is -1.49. The number of rotatable bonds is 16. The number of carbonyl (C=O) groups is 3. The first-order valence-corrected chi connectivity index (χ1v) is 14.9. The number of unbranched alkanes of at least 4 members (excludes halogenated alkanes) is 3. The van der Waals surface area contributed by atoms with E-state index in [1.165, 1.54) is 0 Å². The van der Waals surface area contributed by atoms with Crippen molar-refractivity contribution in [2.24, 2.45) is 23.7 Å². The molecule has 3 saturated heterocycles. The number of aliphatic hydroxyl groups is 1. The molecule has 2 amide bonds. The predicted molar refractivity (Wildman–Crippen MR) is 151 cm³/mol. The van der Waals surface area contributed by atoms with Crippen molar-refractivity contribution in [3.63, 3.8) is 0 Å². The molecule has 0 radical (unpaired) electrons. The van der Waals surface area contributed by atoms with Gasteiger partial charge < -0.3 is 24.4 Å². The van der Waals surface area contributed by atoms with E-state index in [0.717, 1.165) is 32.1 Å². The van der Waals surface area contributed by atoms with Crippen LogP contribution in [-0.4, -0.2) is 82.3 Å². The Hall–Kier alpha value is -2.19. The molecule has 1 N–H and O–H groups in total. The monoisotopic (exact) mass is 546 g/mol. The lowest BCUT2D eigenvalue weighted by molar-refractivity contribution is -0.164. The lowest BCUT2D eigenvalue weighted by atomic mass is 9.62. The van der Waals surface area contributed by atoms with E-state index in [9.17, 15) is 19.5 Å². The quantitative estimate of drug-likeness (QED) is 0.178. The maximum Gasteiger partial charge on any atom is 0.312 e. The zero-order valence-corrected chi connectivity index (χ0v) is 24.7. The highest BCUT2D eigenvalue weighted by atomic mass is 16.6. The van der Waals surface area contributed by atoms with Crippen LogP contribution in [-0.2, 0) is 23.9 Å². The summed E-state index contributed by atoms with van der Waals surface area (Å²) in [5, 5.41) is 10.5. The number of allylic oxidation sites excluding steroid dienone is 1. The van der Waals surface area contributed by atoms with Crippen LogP contribution < -0.4 is 0 Å². The van der Waals surface area contributed by atoms with Crippen LogP contribution in [0.4, 0.5) is 0 Å². The standard InChI is InChI=1S/C31H50N2O6/c1-8-12-14-17-32(16-10-3)28(36)26-31-19-22(6)30(7,39-31)25(29(37)38-18-15-13-9-2)24(31)27(35)33(26)23(20-34)21(5)11-4/h9-10,21-26,34H,2-3,8,11-20H2,1,4-7H3/t21-,22?,23-,24-,25+,26?,30-,31?/m0/s1.